The smallest absolute Gasteiger partial charge is 0.356 e. The van der Waals surface area contributed by atoms with Crippen molar-refractivity contribution in [2.75, 3.05) is 32.1 Å². The molecule has 5 nitrogen and oxygen atoms in total. The summed E-state index contributed by atoms with van der Waals surface area (Å²) in [7, 11) is -1.51. The van der Waals surface area contributed by atoms with Crippen molar-refractivity contribution in [1.29, 1.82) is 0 Å². The zero-order valence-corrected chi connectivity index (χ0v) is 19.8. The predicted octanol–water partition coefficient (Wildman–Crippen LogP) is 3.73. The van der Waals surface area contributed by atoms with Gasteiger partial charge in [-0.15, -0.1) is 24.0 Å². The molecular weight excluding hydrogens is 518 g/mol. The molecule has 0 aromatic heterocycles. The lowest BCUT2D eigenvalue weighted by Crippen LogP contribution is -2.47. The number of rotatable bonds is 6. The number of aliphatic imine (C=N–C) groups is 1. The van der Waals surface area contributed by atoms with Crippen LogP contribution in [0.15, 0.2) is 29.3 Å². The molecule has 0 atom stereocenters. The van der Waals surface area contributed by atoms with E-state index in [1.807, 2.05) is 0 Å². The van der Waals surface area contributed by atoms with Gasteiger partial charge in [0.2, 0.25) is 0 Å². The van der Waals surface area contributed by atoms with Crippen molar-refractivity contribution in [3.8, 4) is 0 Å². The molecule has 0 radical (unpaired) electrons. The van der Waals surface area contributed by atoms with Gasteiger partial charge in [0.25, 0.3) is 0 Å². The molecule has 0 amide bonds. The highest BCUT2D eigenvalue weighted by Crippen LogP contribution is 2.41. The zero-order valence-electron chi connectivity index (χ0n) is 16.7. The fraction of sp³-hybridized carbons (Fsp3) is 0.632. The van der Waals surface area contributed by atoms with E-state index in [0.29, 0.717) is 18.1 Å². The van der Waals surface area contributed by atoms with Gasteiger partial charge in [-0.25, -0.2) is 8.42 Å². The van der Waals surface area contributed by atoms with Gasteiger partial charge >= 0.3 is 6.18 Å². The van der Waals surface area contributed by atoms with Gasteiger partial charge in [-0.05, 0) is 24.5 Å². The molecule has 29 heavy (non-hydrogen) atoms. The van der Waals surface area contributed by atoms with E-state index >= 15 is 0 Å². The normalized spacial score (nSPS) is 17.3. The van der Waals surface area contributed by atoms with E-state index in [1.54, 1.807) is 13.1 Å². The average molecular weight is 547 g/mol. The monoisotopic (exact) mass is 547 g/mol. The molecule has 0 bridgehead atoms. The van der Waals surface area contributed by atoms with Gasteiger partial charge in [-0.2, -0.15) is 13.2 Å². The molecule has 1 aliphatic rings. The third-order valence-corrected chi connectivity index (χ3v) is 6.14. The summed E-state index contributed by atoms with van der Waals surface area (Å²) in [4.78, 5) is 4.09. The Labute approximate surface area is 187 Å². The maximum absolute atomic E-state index is 13.2. The molecule has 0 spiro atoms. The molecule has 2 N–H and O–H groups in total. The molecular formula is C19H29F3IN3O2S. The average Bonchev–Trinajstić information content (AvgIpc) is 2.64. The second-order valence-electron chi connectivity index (χ2n) is 7.40. The van der Waals surface area contributed by atoms with Crippen molar-refractivity contribution >= 4 is 39.8 Å². The van der Waals surface area contributed by atoms with E-state index in [1.165, 1.54) is 12.1 Å². The van der Waals surface area contributed by atoms with Gasteiger partial charge in [0, 0.05) is 31.8 Å². The highest BCUT2D eigenvalue weighted by Gasteiger charge is 2.37. The third kappa shape index (κ3) is 7.95. The lowest BCUT2D eigenvalue weighted by Gasteiger charge is -2.38. The van der Waals surface area contributed by atoms with Crippen LogP contribution in [0.1, 0.15) is 43.2 Å². The van der Waals surface area contributed by atoms with E-state index in [-0.39, 0.29) is 36.3 Å². The maximum Gasteiger partial charge on any atom is 0.416 e. The standard InChI is InChI=1S/C19H28F3N3O2S.HI/c1-23-17(24-11-12-28(2,26)27)25-14-18(9-4-3-5-10-18)15-7-6-8-16(13-15)19(20,21)22;/h6-8,13H,3-5,9-12,14H2,1-2H3,(H2,23,24,25);1H. The van der Waals surface area contributed by atoms with E-state index in [2.05, 4.69) is 15.6 Å². The van der Waals surface area contributed by atoms with Crippen LogP contribution in [0.4, 0.5) is 13.2 Å². The Morgan fingerprint density at radius 1 is 1.17 bits per heavy atom. The van der Waals surface area contributed by atoms with E-state index < -0.39 is 27.0 Å². The quantitative estimate of drug-likeness (QED) is 0.324. The van der Waals surface area contributed by atoms with E-state index in [9.17, 15) is 21.6 Å². The van der Waals surface area contributed by atoms with Gasteiger partial charge in [0.15, 0.2) is 5.96 Å². The highest BCUT2D eigenvalue weighted by molar-refractivity contribution is 14.0. The zero-order chi connectivity index (χ0) is 20.8. The van der Waals surface area contributed by atoms with Crippen LogP contribution in [0.5, 0.6) is 0 Å². The number of hydrogen-bond acceptors (Lipinski definition) is 3. The Bertz CT molecular complexity index is 792. The summed E-state index contributed by atoms with van der Waals surface area (Å²) in [5.74, 6) is 0.424. The highest BCUT2D eigenvalue weighted by atomic mass is 127. The molecule has 166 valence electrons. The van der Waals surface area contributed by atoms with Gasteiger partial charge < -0.3 is 10.6 Å². The summed E-state index contributed by atoms with van der Waals surface area (Å²) in [5, 5.41) is 6.14. The van der Waals surface area contributed by atoms with Gasteiger partial charge in [0.1, 0.15) is 9.84 Å². The molecule has 1 saturated carbocycles. The fourth-order valence-corrected chi connectivity index (χ4v) is 4.12. The Morgan fingerprint density at radius 3 is 2.38 bits per heavy atom. The van der Waals surface area contributed by atoms with Crippen molar-refractivity contribution in [1.82, 2.24) is 10.6 Å². The Balaban J connectivity index is 0.00000420. The topological polar surface area (TPSA) is 70.6 Å². The first-order chi connectivity index (χ1) is 13.1. The second kappa shape index (κ2) is 10.8. The largest absolute Gasteiger partial charge is 0.416 e. The SMILES string of the molecule is CN=C(NCCS(C)(=O)=O)NCC1(c2cccc(C(F)(F)F)c2)CCCCC1.I. The molecule has 0 unspecified atom stereocenters. The summed E-state index contributed by atoms with van der Waals surface area (Å²) in [6, 6.07) is 5.59. The number of alkyl halides is 3. The minimum absolute atomic E-state index is 0. The predicted molar refractivity (Wildman–Crippen MR) is 121 cm³/mol. The summed E-state index contributed by atoms with van der Waals surface area (Å²) in [5.41, 5.74) is -0.361. The van der Waals surface area contributed by atoms with Crippen LogP contribution < -0.4 is 10.6 Å². The number of benzene rings is 1. The third-order valence-electron chi connectivity index (χ3n) is 5.20. The van der Waals surface area contributed by atoms with Crippen LogP contribution in [0, 0.1) is 0 Å². The number of nitrogens with one attached hydrogen (secondary N) is 2. The molecule has 10 heteroatoms. The molecule has 1 aliphatic carbocycles. The van der Waals surface area contributed by atoms with Gasteiger partial charge in [-0.1, -0.05) is 37.5 Å². The number of guanidine groups is 1. The van der Waals surface area contributed by atoms with Crippen LogP contribution in [0.3, 0.4) is 0 Å². The molecule has 1 fully saturated rings. The lowest BCUT2D eigenvalue weighted by molar-refractivity contribution is -0.137. The van der Waals surface area contributed by atoms with Crippen LogP contribution in [-0.4, -0.2) is 46.5 Å². The molecule has 1 aromatic carbocycles. The Kier molecular flexibility index (Phi) is 9.71. The van der Waals surface area contributed by atoms with Crippen LogP contribution >= 0.6 is 24.0 Å². The van der Waals surface area contributed by atoms with Crippen molar-refractivity contribution in [2.45, 2.75) is 43.7 Å². The molecule has 2 rings (SSSR count). The summed E-state index contributed by atoms with van der Waals surface area (Å²) in [6.07, 6.45) is 1.36. The first-order valence-electron chi connectivity index (χ1n) is 9.36. The Hall–Kier alpha value is -1.04. The number of halogens is 4. The molecule has 0 heterocycles. The van der Waals surface area contributed by atoms with Crippen molar-refractivity contribution in [3.63, 3.8) is 0 Å². The second-order valence-corrected chi connectivity index (χ2v) is 9.66. The van der Waals surface area contributed by atoms with E-state index in [0.717, 1.165) is 44.4 Å². The van der Waals surface area contributed by atoms with Crippen molar-refractivity contribution in [3.05, 3.63) is 35.4 Å². The van der Waals surface area contributed by atoms with Crippen LogP contribution in [0.2, 0.25) is 0 Å². The lowest BCUT2D eigenvalue weighted by atomic mass is 9.69. The van der Waals surface area contributed by atoms with E-state index in [4.69, 9.17) is 0 Å². The minimum Gasteiger partial charge on any atom is -0.356 e. The van der Waals surface area contributed by atoms with Crippen LogP contribution in [0.25, 0.3) is 0 Å². The summed E-state index contributed by atoms with van der Waals surface area (Å²) >= 11 is 0. The van der Waals surface area contributed by atoms with Gasteiger partial charge in [-0.3, -0.25) is 4.99 Å². The minimum atomic E-state index is -4.37. The molecule has 1 aromatic rings. The number of hydrogen-bond donors (Lipinski definition) is 2. The summed E-state index contributed by atoms with van der Waals surface area (Å²) < 4.78 is 62.0. The molecule has 0 saturated heterocycles. The van der Waals surface area contributed by atoms with Crippen molar-refractivity contribution < 1.29 is 21.6 Å². The first-order valence-corrected chi connectivity index (χ1v) is 11.4. The van der Waals surface area contributed by atoms with Gasteiger partial charge in [0.05, 0.1) is 11.3 Å². The first kappa shape index (κ1) is 26.0. The molecule has 0 aliphatic heterocycles. The van der Waals surface area contributed by atoms with Crippen molar-refractivity contribution in [2.24, 2.45) is 4.99 Å². The number of nitrogens with zero attached hydrogens (tertiary/aromatic N) is 1. The number of sulfone groups is 1. The Morgan fingerprint density at radius 2 is 1.83 bits per heavy atom. The van der Waals surface area contributed by atoms with Crippen LogP contribution in [-0.2, 0) is 21.4 Å². The maximum atomic E-state index is 13.2. The fourth-order valence-electron chi connectivity index (χ4n) is 3.65. The summed E-state index contributed by atoms with van der Waals surface area (Å²) in [6.45, 7) is 0.655.